The van der Waals surface area contributed by atoms with Crippen LogP contribution in [0.25, 0.3) is 0 Å². The van der Waals surface area contributed by atoms with Crippen LogP contribution in [-0.2, 0) is 9.59 Å². The van der Waals surface area contributed by atoms with Crippen molar-refractivity contribution in [2.45, 2.75) is 38.5 Å². The summed E-state index contributed by atoms with van der Waals surface area (Å²) in [4.78, 5) is 63.0. The van der Waals surface area contributed by atoms with Crippen molar-refractivity contribution in [3.8, 4) is 0 Å². The largest absolute Gasteiger partial charge is 0.369 e. The quantitative estimate of drug-likeness (QED) is 0.0753. The van der Waals surface area contributed by atoms with Gasteiger partial charge < -0.3 is 20.9 Å². The molecule has 3 fully saturated rings. The maximum Gasteiger partial charge on any atom is 0.265 e. The third kappa shape index (κ3) is 11.0. The summed E-state index contributed by atoms with van der Waals surface area (Å²) in [6.45, 7) is 8.81. The van der Waals surface area contributed by atoms with Gasteiger partial charge in [-0.15, -0.1) is 0 Å². The molecule has 0 spiro atoms. The van der Waals surface area contributed by atoms with Crippen molar-refractivity contribution in [2.75, 3.05) is 66.7 Å². The van der Waals surface area contributed by atoms with E-state index >= 15 is 0 Å². The zero-order chi connectivity index (χ0) is 43.9. The molecule has 4 heterocycles. The number of hydrazine groups is 1. The lowest BCUT2D eigenvalue weighted by atomic mass is 9.85. The third-order valence-corrected chi connectivity index (χ3v) is 12.4. The minimum absolute atomic E-state index is 0.0534. The molecule has 3 aliphatic heterocycles. The summed E-state index contributed by atoms with van der Waals surface area (Å²) in [7, 11) is 0. The van der Waals surface area contributed by atoms with Crippen LogP contribution in [0.1, 0.15) is 64.8 Å². The molecule has 5 N–H and O–H groups in total. The fraction of sp³-hybridized carbons (Fsp3) is 0.319. The second-order valence-corrected chi connectivity index (χ2v) is 16.8. The second kappa shape index (κ2) is 19.7. The van der Waals surface area contributed by atoms with E-state index in [1.54, 1.807) is 72.8 Å². The van der Waals surface area contributed by atoms with E-state index in [1.807, 2.05) is 17.1 Å². The van der Waals surface area contributed by atoms with Crippen LogP contribution in [0.4, 0.5) is 38.9 Å². The number of hydrogen-bond acceptors (Lipinski definition) is 11. The summed E-state index contributed by atoms with van der Waals surface area (Å²) >= 11 is 6.16. The summed E-state index contributed by atoms with van der Waals surface area (Å²) < 4.78 is 14.7. The lowest BCUT2D eigenvalue weighted by Crippen LogP contribution is -2.50. The fourth-order valence-corrected chi connectivity index (χ4v) is 8.59. The molecule has 2 atom stereocenters. The van der Waals surface area contributed by atoms with Crippen LogP contribution in [0.5, 0.6) is 0 Å². The monoisotopic (exact) mass is 872 g/mol. The van der Waals surface area contributed by atoms with Gasteiger partial charge in [0.1, 0.15) is 0 Å². The number of anilines is 6. The predicted molar refractivity (Wildman–Crippen MR) is 242 cm³/mol. The number of rotatable bonds is 13. The summed E-state index contributed by atoms with van der Waals surface area (Å²) in [5.41, 5.74) is 7.72. The maximum absolute atomic E-state index is 14.7. The first-order valence-corrected chi connectivity index (χ1v) is 21.7. The van der Waals surface area contributed by atoms with Gasteiger partial charge in [0.05, 0.1) is 22.8 Å². The zero-order valence-corrected chi connectivity index (χ0v) is 35.7. The smallest absolute Gasteiger partial charge is 0.265 e. The highest BCUT2D eigenvalue weighted by atomic mass is 35.5. The Morgan fingerprint density at radius 3 is 2.13 bits per heavy atom. The van der Waals surface area contributed by atoms with Crippen LogP contribution in [-0.4, -0.2) is 89.3 Å². The Morgan fingerprint density at radius 1 is 0.810 bits per heavy atom. The van der Waals surface area contributed by atoms with Gasteiger partial charge in [-0.25, -0.2) is 14.4 Å². The van der Waals surface area contributed by atoms with Crippen molar-refractivity contribution in [2.24, 2.45) is 11.8 Å². The van der Waals surface area contributed by atoms with Crippen molar-refractivity contribution >= 4 is 69.7 Å². The van der Waals surface area contributed by atoms with Gasteiger partial charge in [-0.3, -0.25) is 34.8 Å². The molecule has 5 aromatic rings. The van der Waals surface area contributed by atoms with Gasteiger partial charge in [-0.2, -0.15) is 4.98 Å². The van der Waals surface area contributed by atoms with E-state index < -0.39 is 5.82 Å². The Bertz CT molecular complexity index is 2420. The van der Waals surface area contributed by atoms with Crippen LogP contribution >= 0.6 is 11.6 Å². The molecule has 0 bridgehead atoms. The average Bonchev–Trinajstić information content (AvgIpc) is 3.29. The molecular formula is C47H50ClFN10O4. The lowest BCUT2D eigenvalue weighted by molar-refractivity contribution is -0.134. The maximum atomic E-state index is 14.7. The normalized spacial score (nSPS) is 18.0. The number of amides is 4. The number of piperazine rings is 1. The standard InChI is InChI=1S/C47H50ClFN10O4/c1-30(29-57-24-26-58(27-25-57)37-16-10-32(11-17-37)38-18-19-42(60)54-46(38)63)31-20-22-59(23-21-31)56-45(62)34-8-14-36(15-9-34)52-47-50-28-40(49)43(55-47)51-35-12-6-33(7-13-35)44(61)53-41-5-3-2-4-39(41)48/h2-17,28,30-31,38H,18-27,29H2,1H3,(H,53,61)(H,56,62)(H,54,60,63)(H2,50,51,52,55)/t30-,38?/m1/s1. The molecular weight excluding hydrogens is 823 g/mol. The number of nitrogens with zero attached hydrogens (tertiary/aromatic N) is 5. The number of piperidine rings is 2. The molecule has 0 aliphatic carbocycles. The number of nitrogens with one attached hydrogen (secondary N) is 5. The van der Waals surface area contributed by atoms with E-state index in [9.17, 15) is 23.6 Å². The van der Waals surface area contributed by atoms with E-state index in [0.29, 0.717) is 57.9 Å². The number of aromatic nitrogens is 2. The average molecular weight is 873 g/mol. The highest BCUT2D eigenvalue weighted by molar-refractivity contribution is 6.33. The minimum Gasteiger partial charge on any atom is -0.369 e. The van der Waals surface area contributed by atoms with E-state index in [4.69, 9.17) is 11.6 Å². The van der Waals surface area contributed by atoms with E-state index in [1.165, 1.54) is 0 Å². The molecule has 4 amide bonds. The Morgan fingerprint density at radius 2 is 1.46 bits per heavy atom. The third-order valence-electron chi connectivity index (χ3n) is 12.1. The Hall–Kier alpha value is -6.42. The van der Waals surface area contributed by atoms with Gasteiger partial charge in [-0.1, -0.05) is 42.8 Å². The van der Waals surface area contributed by atoms with Crippen LogP contribution < -0.4 is 31.6 Å². The summed E-state index contributed by atoms with van der Waals surface area (Å²) in [5.74, 6) is -0.637. The number of halogens is 2. The number of hydrogen-bond donors (Lipinski definition) is 5. The molecule has 326 valence electrons. The SMILES string of the molecule is C[C@H](CN1CCN(c2ccc(C3CCC(=O)NC3=O)cc2)CC1)C1CCN(NC(=O)c2ccc(Nc3ncc(F)c(Nc4ccc(C(=O)Nc5ccccc5Cl)cc4)n3)cc2)CC1. The molecule has 16 heteroatoms. The number of imide groups is 1. The van der Waals surface area contributed by atoms with Gasteiger partial charge >= 0.3 is 0 Å². The van der Waals surface area contributed by atoms with Crippen molar-refractivity contribution < 1.29 is 23.6 Å². The molecule has 4 aromatic carbocycles. The minimum atomic E-state index is -0.657. The first kappa shape index (κ1) is 43.2. The molecule has 1 unspecified atom stereocenters. The molecule has 3 aliphatic rings. The van der Waals surface area contributed by atoms with Gasteiger partial charge in [0.15, 0.2) is 11.6 Å². The van der Waals surface area contributed by atoms with Crippen LogP contribution in [0.15, 0.2) is 103 Å². The molecule has 14 nitrogen and oxygen atoms in total. The molecule has 0 radical (unpaired) electrons. The van der Waals surface area contributed by atoms with Crippen molar-refractivity contribution in [1.29, 1.82) is 0 Å². The molecule has 8 rings (SSSR count). The zero-order valence-electron chi connectivity index (χ0n) is 35.0. The number of para-hydroxylation sites is 1. The van der Waals surface area contributed by atoms with E-state index in [2.05, 4.69) is 65.5 Å². The van der Waals surface area contributed by atoms with E-state index in [-0.39, 0.29) is 41.3 Å². The van der Waals surface area contributed by atoms with Crippen molar-refractivity contribution in [1.82, 2.24) is 30.6 Å². The molecule has 0 saturated carbocycles. The predicted octanol–water partition coefficient (Wildman–Crippen LogP) is 7.34. The van der Waals surface area contributed by atoms with Gasteiger partial charge in [-0.05, 0) is 109 Å². The topological polar surface area (TPSA) is 164 Å². The molecule has 63 heavy (non-hydrogen) atoms. The fourth-order valence-electron chi connectivity index (χ4n) is 8.41. The van der Waals surface area contributed by atoms with Gasteiger partial charge in [0.25, 0.3) is 11.8 Å². The lowest BCUT2D eigenvalue weighted by Gasteiger charge is -2.40. The van der Waals surface area contributed by atoms with Crippen LogP contribution in [0.2, 0.25) is 5.02 Å². The number of carbonyl (C=O) groups excluding carboxylic acids is 4. The number of carbonyl (C=O) groups is 4. The first-order valence-electron chi connectivity index (χ1n) is 21.3. The van der Waals surface area contributed by atoms with Crippen molar-refractivity contribution in [3.63, 3.8) is 0 Å². The van der Waals surface area contributed by atoms with Crippen LogP contribution in [0.3, 0.4) is 0 Å². The van der Waals surface area contributed by atoms with E-state index in [0.717, 1.165) is 76.1 Å². The molecule has 1 aromatic heterocycles. The summed E-state index contributed by atoms with van der Waals surface area (Å²) in [6, 6.07) is 28.6. The Kier molecular flexibility index (Phi) is 13.5. The van der Waals surface area contributed by atoms with Crippen molar-refractivity contribution in [3.05, 3.63) is 131 Å². The van der Waals surface area contributed by atoms with Gasteiger partial charge in [0.2, 0.25) is 17.8 Å². The first-order chi connectivity index (χ1) is 30.5. The summed E-state index contributed by atoms with van der Waals surface area (Å²) in [5, 5.41) is 13.7. The molecule has 3 saturated heterocycles. The summed E-state index contributed by atoms with van der Waals surface area (Å²) in [6.07, 6.45) is 4.01. The van der Waals surface area contributed by atoms with Gasteiger partial charge in [0, 0.05) is 80.4 Å². The highest BCUT2D eigenvalue weighted by Crippen LogP contribution is 2.29. The Labute approximate surface area is 370 Å². The Balaban J connectivity index is 0.751. The highest BCUT2D eigenvalue weighted by Gasteiger charge is 2.30. The second-order valence-electron chi connectivity index (χ2n) is 16.4. The van der Waals surface area contributed by atoms with Crippen LogP contribution in [0, 0.1) is 17.7 Å². The number of benzene rings is 4.